The van der Waals surface area contributed by atoms with E-state index in [1.165, 1.54) is 0 Å². The van der Waals surface area contributed by atoms with E-state index >= 15 is 0 Å². The van der Waals surface area contributed by atoms with E-state index in [4.69, 9.17) is 4.74 Å². The normalized spacial score (nSPS) is 12.2. The third-order valence-electron chi connectivity index (χ3n) is 1.70. The maximum absolute atomic E-state index is 11.2. The van der Waals surface area contributed by atoms with Crippen molar-refractivity contribution in [2.45, 2.75) is 13.0 Å². The smallest absolute Gasteiger partial charge is 0.339 e. The zero-order chi connectivity index (χ0) is 10.6. The number of carbonyl (C=O) groups is 1. The molecule has 0 saturated carbocycles. The van der Waals surface area contributed by atoms with E-state index in [-0.39, 0.29) is 6.61 Å². The van der Waals surface area contributed by atoms with Crippen molar-refractivity contribution >= 4 is 28.6 Å². The molecular weight excluding hydrogens is 295 g/mol. The van der Waals surface area contributed by atoms with Crippen LogP contribution < -0.4 is 0 Å². The lowest BCUT2D eigenvalue weighted by molar-refractivity contribution is -0.153. The highest BCUT2D eigenvalue weighted by molar-refractivity contribution is 14.1. The Balaban J connectivity index is 2.73. The van der Waals surface area contributed by atoms with Gasteiger partial charge in [-0.25, -0.2) is 4.79 Å². The highest BCUT2D eigenvalue weighted by atomic mass is 127. The first kappa shape index (κ1) is 11.5. The standard InChI is InChI=1S/C10H11IO3/c1-2-14-10(13)9(12)7-3-5-8(11)6-4-7/h3-6,9,12H,2H2,1H3/t9-/m0/s1. The van der Waals surface area contributed by atoms with Gasteiger partial charge < -0.3 is 9.84 Å². The predicted molar refractivity (Wildman–Crippen MR) is 60.8 cm³/mol. The molecule has 0 aliphatic carbocycles. The summed E-state index contributed by atoms with van der Waals surface area (Å²) in [5.41, 5.74) is 0.559. The van der Waals surface area contributed by atoms with Crippen molar-refractivity contribution in [3.8, 4) is 0 Å². The second-order valence-corrected chi connectivity index (χ2v) is 3.95. The van der Waals surface area contributed by atoms with Gasteiger partial charge in [0.15, 0.2) is 6.10 Å². The Morgan fingerprint density at radius 2 is 2.07 bits per heavy atom. The van der Waals surface area contributed by atoms with Crippen molar-refractivity contribution in [3.05, 3.63) is 33.4 Å². The number of rotatable bonds is 3. The summed E-state index contributed by atoms with van der Waals surface area (Å²) < 4.78 is 5.76. The molecule has 3 nitrogen and oxygen atoms in total. The lowest BCUT2D eigenvalue weighted by Crippen LogP contribution is -2.15. The van der Waals surface area contributed by atoms with Gasteiger partial charge in [-0.1, -0.05) is 12.1 Å². The minimum absolute atomic E-state index is 0.278. The summed E-state index contributed by atoms with van der Waals surface area (Å²) in [5.74, 6) is -0.603. The second-order valence-electron chi connectivity index (χ2n) is 2.71. The van der Waals surface area contributed by atoms with Crippen LogP contribution in [0.5, 0.6) is 0 Å². The van der Waals surface area contributed by atoms with E-state index in [1.54, 1.807) is 19.1 Å². The fourth-order valence-electron chi connectivity index (χ4n) is 1.00. The molecule has 0 aliphatic heterocycles. The lowest BCUT2D eigenvalue weighted by Gasteiger charge is -2.09. The molecule has 0 saturated heterocycles. The monoisotopic (exact) mass is 306 g/mol. The molecule has 0 aliphatic rings. The molecule has 0 radical (unpaired) electrons. The van der Waals surface area contributed by atoms with E-state index in [0.717, 1.165) is 3.57 Å². The number of benzene rings is 1. The zero-order valence-electron chi connectivity index (χ0n) is 7.74. The minimum atomic E-state index is -1.17. The van der Waals surface area contributed by atoms with Crippen LogP contribution in [0.25, 0.3) is 0 Å². The third kappa shape index (κ3) is 2.95. The number of ether oxygens (including phenoxy) is 1. The van der Waals surface area contributed by atoms with Crippen molar-refractivity contribution in [1.29, 1.82) is 0 Å². The van der Waals surface area contributed by atoms with Crippen LogP contribution in [0.3, 0.4) is 0 Å². The Bertz CT molecular complexity index is 308. The molecule has 1 atom stereocenters. The Hall–Kier alpha value is -0.620. The number of hydrogen-bond donors (Lipinski definition) is 1. The fourth-order valence-corrected chi connectivity index (χ4v) is 1.36. The number of hydrogen-bond acceptors (Lipinski definition) is 3. The fraction of sp³-hybridized carbons (Fsp3) is 0.300. The van der Waals surface area contributed by atoms with Gasteiger partial charge in [-0.2, -0.15) is 0 Å². The molecule has 0 aromatic heterocycles. The molecule has 0 unspecified atom stereocenters. The molecule has 1 aromatic rings. The number of aliphatic hydroxyl groups is 1. The van der Waals surface area contributed by atoms with Gasteiger partial charge in [0, 0.05) is 3.57 Å². The summed E-state index contributed by atoms with van der Waals surface area (Å²) >= 11 is 2.16. The first-order valence-corrected chi connectivity index (χ1v) is 5.33. The molecule has 4 heteroatoms. The predicted octanol–water partition coefficient (Wildman–Crippen LogP) is 1.89. The molecule has 0 spiro atoms. The van der Waals surface area contributed by atoms with Gasteiger partial charge in [-0.05, 0) is 47.2 Å². The Kier molecular flexibility index (Phi) is 4.34. The highest BCUT2D eigenvalue weighted by Gasteiger charge is 2.17. The SMILES string of the molecule is CCOC(=O)[C@@H](O)c1ccc(I)cc1. The third-order valence-corrected chi connectivity index (χ3v) is 2.41. The van der Waals surface area contributed by atoms with Gasteiger partial charge in [0.1, 0.15) is 0 Å². The molecule has 14 heavy (non-hydrogen) atoms. The van der Waals surface area contributed by atoms with E-state index in [2.05, 4.69) is 22.6 Å². The van der Waals surface area contributed by atoms with Crippen molar-refractivity contribution in [2.24, 2.45) is 0 Å². The average Bonchev–Trinajstić information content (AvgIpc) is 2.18. The first-order valence-electron chi connectivity index (χ1n) is 4.25. The largest absolute Gasteiger partial charge is 0.464 e. The summed E-state index contributed by atoms with van der Waals surface area (Å²) in [6.07, 6.45) is -1.17. The molecule has 0 bridgehead atoms. The molecule has 1 N–H and O–H groups in total. The van der Waals surface area contributed by atoms with Crippen LogP contribution in [0.4, 0.5) is 0 Å². The minimum Gasteiger partial charge on any atom is -0.464 e. The summed E-state index contributed by atoms with van der Waals surface area (Å²) in [6, 6.07) is 7.09. The quantitative estimate of drug-likeness (QED) is 0.685. The first-order chi connectivity index (χ1) is 6.65. The van der Waals surface area contributed by atoms with E-state index < -0.39 is 12.1 Å². The van der Waals surface area contributed by atoms with E-state index in [9.17, 15) is 9.90 Å². The summed E-state index contributed by atoms with van der Waals surface area (Å²) in [7, 11) is 0. The maximum atomic E-state index is 11.2. The van der Waals surface area contributed by atoms with Crippen LogP contribution in [0.1, 0.15) is 18.6 Å². The van der Waals surface area contributed by atoms with Crippen molar-refractivity contribution < 1.29 is 14.6 Å². The van der Waals surface area contributed by atoms with Gasteiger partial charge in [-0.3, -0.25) is 0 Å². The lowest BCUT2D eigenvalue weighted by atomic mass is 10.1. The maximum Gasteiger partial charge on any atom is 0.339 e. The number of esters is 1. The molecule has 76 valence electrons. The Morgan fingerprint density at radius 1 is 1.50 bits per heavy atom. The summed E-state index contributed by atoms with van der Waals surface area (Å²) in [4.78, 5) is 11.2. The van der Waals surface area contributed by atoms with Gasteiger partial charge in [0.05, 0.1) is 6.61 Å². The number of halogens is 1. The van der Waals surface area contributed by atoms with Crippen molar-refractivity contribution in [1.82, 2.24) is 0 Å². The zero-order valence-corrected chi connectivity index (χ0v) is 9.89. The van der Waals surface area contributed by atoms with Gasteiger partial charge in [-0.15, -0.1) is 0 Å². The van der Waals surface area contributed by atoms with Gasteiger partial charge in [0.2, 0.25) is 0 Å². The van der Waals surface area contributed by atoms with E-state index in [1.807, 2.05) is 12.1 Å². The highest BCUT2D eigenvalue weighted by Crippen LogP contribution is 2.15. The average molecular weight is 306 g/mol. The Morgan fingerprint density at radius 3 is 2.57 bits per heavy atom. The van der Waals surface area contributed by atoms with Gasteiger partial charge in [0.25, 0.3) is 0 Å². The molecule has 0 heterocycles. The molecule has 1 rings (SSSR count). The summed E-state index contributed by atoms with van der Waals surface area (Å²) in [6.45, 7) is 1.98. The van der Waals surface area contributed by atoms with Crippen LogP contribution in [-0.4, -0.2) is 17.7 Å². The van der Waals surface area contributed by atoms with Crippen molar-refractivity contribution in [3.63, 3.8) is 0 Å². The molecule has 0 amide bonds. The topological polar surface area (TPSA) is 46.5 Å². The van der Waals surface area contributed by atoms with Crippen LogP contribution in [0.15, 0.2) is 24.3 Å². The van der Waals surface area contributed by atoms with Crippen LogP contribution in [0, 0.1) is 3.57 Å². The Labute approximate surface area is 96.2 Å². The number of carbonyl (C=O) groups excluding carboxylic acids is 1. The van der Waals surface area contributed by atoms with E-state index in [0.29, 0.717) is 5.56 Å². The van der Waals surface area contributed by atoms with Crippen LogP contribution in [0.2, 0.25) is 0 Å². The summed E-state index contributed by atoms with van der Waals surface area (Å²) in [5, 5.41) is 9.53. The van der Waals surface area contributed by atoms with Crippen molar-refractivity contribution in [2.75, 3.05) is 6.61 Å². The van der Waals surface area contributed by atoms with Gasteiger partial charge >= 0.3 is 5.97 Å². The van der Waals surface area contributed by atoms with Crippen LogP contribution >= 0.6 is 22.6 Å². The molecule has 1 aromatic carbocycles. The molecular formula is C10H11IO3. The number of aliphatic hydroxyl groups excluding tert-OH is 1. The molecule has 0 fully saturated rings. The van der Waals surface area contributed by atoms with Crippen LogP contribution in [-0.2, 0) is 9.53 Å². The second kappa shape index (κ2) is 5.31.